The molecule has 0 heterocycles. The van der Waals surface area contributed by atoms with Crippen molar-refractivity contribution in [2.75, 3.05) is 6.54 Å². The molecule has 4 nitrogen and oxygen atoms in total. The molecule has 1 atom stereocenters. The van der Waals surface area contributed by atoms with Gasteiger partial charge in [0.15, 0.2) is 0 Å². The number of hydrogen-bond donors (Lipinski definition) is 2. The van der Waals surface area contributed by atoms with Gasteiger partial charge in [0, 0.05) is 12.6 Å². The van der Waals surface area contributed by atoms with E-state index in [1.165, 1.54) is 25.7 Å². The van der Waals surface area contributed by atoms with Crippen LogP contribution in [0.5, 0.6) is 0 Å². The standard InChI is InChI=1S/C12H24N2O2/c1-12(2,3)16-11(15)14-8-10(13)9-6-4-5-7-9/h9-10H,4-8,13H2,1-3H3,(H,14,15)/t10-/m1/s1. The van der Waals surface area contributed by atoms with Crippen LogP contribution in [0.2, 0.25) is 0 Å². The van der Waals surface area contributed by atoms with Gasteiger partial charge < -0.3 is 15.8 Å². The van der Waals surface area contributed by atoms with E-state index in [4.69, 9.17) is 10.5 Å². The maximum absolute atomic E-state index is 11.4. The Labute approximate surface area is 97.9 Å². The molecular weight excluding hydrogens is 204 g/mol. The highest BCUT2D eigenvalue weighted by molar-refractivity contribution is 5.67. The van der Waals surface area contributed by atoms with Crippen molar-refractivity contribution in [3.63, 3.8) is 0 Å². The zero-order valence-electron chi connectivity index (χ0n) is 10.6. The first-order chi connectivity index (χ1) is 7.38. The minimum absolute atomic E-state index is 0.0648. The van der Waals surface area contributed by atoms with Gasteiger partial charge in [0.2, 0.25) is 0 Å². The molecule has 1 aliphatic rings. The summed E-state index contributed by atoms with van der Waals surface area (Å²) in [6.07, 6.45) is 4.55. The second-order valence-corrected chi connectivity index (χ2v) is 5.59. The quantitative estimate of drug-likeness (QED) is 0.776. The highest BCUT2D eigenvalue weighted by Gasteiger charge is 2.23. The van der Waals surface area contributed by atoms with Gasteiger partial charge >= 0.3 is 6.09 Å². The zero-order chi connectivity index (χ0) is 12.2. The summed E-state index contributed by atoms with van der Waals surface area (Å²) in [7, 11) is 0. The van der Waals surface area contributed by atoms with Gasteiger partial charge in [0.1, 0.15) is 5.60 Å². The van der Waals surface area contributed by atoms with Crippen molar-refractivity contribution in [3.05, 3.63) is 0 Å². The molecule has 1 fully saturated rings. The van der Waals surface area contributed by atoms with E-state index in [2.05, 4.69) is 5.32 Å². The van der Waals surface area contributed by atoms with Crippen LogP contribution in [0.25, 0.3) is 0 Å². The molecule has 0 aromatic rings. The Balaban J connectivity index is 2.20. The normalized spacial score (nSPS) is 19.5. The van der Waals surface area contributed by atoms with Gasteiger partial charge in [-0.25, -0.2) is 4.79 Å². The minimum atomic E-state index is -0.443. The molecule has 0 aromatic heterocycles. The summed E-state index contributed by atoms with van der Waals surface area (Å²) in [4.78, 5) is 11.4. The van der Waals surface area contributed by atoms with E-state index in [0.717, 1.165) is 0 Å². The number of carbonyl (C=O) groups excluding carboxylic acids is 1. The van der Waals surface area contributed by atoms with Gasteiger partial charge in [0.25, 0.3) is 0 Å². The van der Waals surface area contributed by atoms with Crippen molar-refractivity contribution in [1.82, 2.24) is 5.32 Å². The highest BCUT2D eigenvalue weighted by Crippen LogP contribution is 2.26. The third-order valence-electron chi connectivity index (χ3n) is 2.89. The van der Waals surface area contributed by atoms with Crippen LogP contribution in [0.15, 0.2) is 0 Å². The van der Waals surface area contributed by atoms with Gasteiger partial charge in [-0.2, -0.15) is 0 Å². The fourth-order valence-corrected chi connectivity index (χ4v) is 2.07. The number of nitrogens with two attached hydrogens (primary N) is 1. The summed E-state index contributed by atoms with van der Waals surface area (Å²) in [6.45, 7) is 6.07. The highest BCUT2D eigenvalue weighted by atomic mass is 16.6. The van der Waals surface area contributed by atoms with Crippen LogP contribution in [0.1, 0.15) is 46.5 Å². The smallest absolute Gasteiger partial charge is 0.407 e. The van der Waals surface area contributed by atoms with Crippen LogP contribution in [-0.2, 0) is 4.74 Å². The second kappa shape index (κ2) is 5.53. The lowest BCUT2D eigenvalue weighted by Gasteiger charge is -2.22. The van der Waals surface area contributed by atoms with Crippen LogP contribution < -0.4 is 11.1 Å². The van der Waals surface area contributed by atoms with E-state index < -0.39 is 5.60 Å². The van der Waals surface area contributed by atoms with Crippen molar-refractivity contribution in [2.45, 2.75) is 58.1 Å². The predicted molar refractivity (Wildman–Crippen MR) is 64.2 cm³/mol. The van der Waals surface area contributed by atoms with Gasteiger partial charge in [-0.15, -0.1) is 0 Å². The Hall–Kier alpha value is -0.770. The summed E-state index contributed by atoms with van der Waals surface area (Å²) >= 11 is 0. The van der Waals surface area contributed by atoms with Gasteiger partial charge in [-0.3, -0.25) is 0 Å². The Kier molecular flexibility index (Phi) is 4.59. The molecule has 4 heteroatoms. The third kappa shape index (κ3) is 4.84. The molecule has 0 aliphatic heterocycles. The Morgan fingerprint density at radius 3 is 2.50 bits per heavy atom. The Bertz CT molecular complexity index is 230. The molecule has 3 N–H and O–H groups in total. The third-order valence-corrected chi connectivity index (χ3v) is 2.89. The lowest BCUT2D eigenvalue weighted by molar-refractivity contribution is 0.0521. The van der Waals surface area contributed by atoms with Crippen molar-refractivity contribution in [3.8, 4) is 0 Å². The van der Waals surface area contributed by atoms with E-state index >= 15 is 0 Å². The van der Waals surface area contributed by atoms with E-state index in [9.17, 15) is 4.79 Å². The lowest BCUT2D eigenvalue weighted by Crippen LogP contribution is -2.43. The molecule has 1 saturated carbocycles. The average Bonchev–Trinajstić information content (AvgIpc) is 2.64. The minimum Gasteiger partial charge on any atom is -0.444 e. The Morgan fingerprint density at radius 2 is 2.00 bits per heavy atom. The largest absolute Gasteiger partial charge is 0.444 e. The maximum Gasteiger partial charge on any atom is 0.407 e. The number of hydrogen-bond acceptors (Lipinski definition) is 3. The molecule has 1 aliphatic carbocycles. The summed E-state index contributed by atoms with van der Waals surface area (Å²) in [6, 6.07) is 0.0648. The first kappa shape index (κ1) is 13.3. The SMILES string of the molecule is CC(C)(C)OC(=O)NC[C@@H](N)C1CCCC1. The predicted octanol–water partition coefficient (Wildman–Crippen LogP) is 2.03. The van der Waals surface area contributed by atoms with Crippen LogP contribution in [0.3, 0.4) is 0 Å². The number of amides is 1. The molecule has 16 heavy (non-hydrogen) atoms. The topological polar surface area (TPSA) is 64.3 Å². The zero-order valence-corrected chi connectivity index (χ0v) is 10.6. The van der Waals surface area contributed by atoms with Crippen LogP contribution in [-0.4, -0.2) is 24.3 Å². The fourth-order valence-electron chi connectivity index (χ4n) is 2.07. The van der Waals surface area contributed by atoms with E-state index in [0.29, 0.717) is 12.5 Å². The van der Waals surface area contributed by atoms with E-state index in [-0.39, 0.29) is 12.1 Å². The molecule has 1 rings (SSSR count). The molecule has 94 valence electrons. The van der Waals surface area contributed by atoms with Crippen LogP contribution in [0, 0.1) is 5.92 Å². The van der Waals surface area contributed by atoms with Crippen LogP contribution in [0.4, 0.5) is 4.79 Å². The van der Waals surface area contributed by atoms with Gasteiger partial charge in [-0.05, 0) is 39.5 Å². The molecular formula is C12H24N2O2. The summed E-state index contributed by atoms with van der Waals surface area (Å²) in [5, 5.41) is 2.73. The monoisotopic (exact) mass is 228 g/mol. The number of carbonyl (C=O) groups is 1. The summed E-state index contributed by atoms with van der Waals surface area (Å²) in [5.74, 6) is 0.565. The van der Waals surface area contributed by atoms with E-state index in [1.54, 1.807) is 0 Å². The number of nitrogens with one attached hydrogen (secondary N) is 1. The Morgan fingerprint density at radius 1 is 1.44 bits per heavy atom. The molecule has 1 amide bonds. The van der Waals surface area contributed by atoms with Crippen molar-refractivity contribution in [2.24, 2.45) is 11.7 Å². The molecule has 0 spiro atoms. The maximum atomic E-state index is 11.4. The molecule has 0 bridgehead atoms. The average molecular weight is 228 g/mol. The number of rotatable bonds is 3. The number of alkyl carbamates (subject to hydrolysis) is 1. The van der Waals surface area contributed by atoms with E-state index in [1.807, 2.05) is 20.8 Å². The molecule has 0 unspecified atom stereocenters. The first-order valence-corrected chi connectivity index (χ1v) is 6.11. The van der Waals surface area contributed by atoms with Crippen LogP contribution >= 0.6 is 0 Å². The van der Waals surface area contributed by atoms with Crippen molar-refractivity contribution in [1.29, 1.82) is 0 Å². The van der Waals surface area contributed by atoms with Crippen molar-refractivity contribution < 1.29 is 9.53 Å². The van der Waals surface area contributed by atoms with Crippen molar-refractivity contribution >= 4 is 6.09 Å². The van der Waals surface area contributed by atoms with Gasteiger partial charge in [0.05, 0.1) is 0 Å². The summed E-state index contributed by atoms with van der Waals surface area (Å²) < 4.78 is 5.15. The lowest BCUT2D eigenvalue weighted by atomic mass is 9.99. The summed E-state index contributed by atoms with van der Waals surface area (Å²) in [5.41, 5.74) is 5.58. The van der Waals surface area contributed by atoms with Gasteiger partial charge in [-0.1, -0.05) is 12.8 Å². The number of ether oxygens (including phenoxy) is 1. The first-order valence-electron chi connectivity index (χ1n) is 6.11. The second-order valence-electron chi connectivity index (χ2n) is 5.59. The molecule has 0 aromatic carbocycles. The fraction of sp³-hybridized carbons (Fsp3) is 0.917. The molecule has 0 saturated heterocycles. The molecule has 0 radical (unpaired) electrons.